The largest absolute Gasteiger partial charge is 0.371 e. The van der Waals surface area contributed by atoms with Crippen LogP contribution in [0.5, 0.6) is 0 Å². The van der Waals surface area contributed by atoms with Gasteiger partial charge in [-0.2, -0.15) is 0 Å². The molecule has 0 unspecified atom stereocenters. The van der Waals surface area contributed by atoms with Crippen molar-refractivity contribution in [2.24, 2.45) is 4.99 Å². The fraction of sp³-hybridized carbons (Fsp3) is 0.524. The molecular weight excluding hydrogens is 356 g/mol. The van der Waals surface area contributed by atoms with E-state index >= 15 is 0 Å². The molecule has 148 valence electrons. The SMILES string of the molecule is CN=C(NCc1cccc(COC(C)(C)C)c1)NCc1nc(C(C)C)cs1. The maximum absolute atomic E-state index is 5.86. The van der Waals surface area contributed by atoms with Crippen molar-refractivity contribution in [3.8, 4) is 0 Å². The maximum Gasteiger partial charge on any atom is 0.191 e. The summed E-state index contributed by atoms with van der Waals surface area (Å²) in [4.78, 5) is 8.94. The van der Waals surface area contributed by atoms with E-state index in [1.807, 2.05) is 0 Å². The molecule has 1 heterocycles. The van der Waals surface area contributed by atoms with Crippen LogP contribution in [-0.4, -0.2) is 23.6 Å². The molecular formula is C21H32N4OS. The lowest BCUT2D eigenvalue weighted by Crippen LogP contribution is -2.36. The molecule has 0 fully saturated rings. The van der Waals surface area contributed by atoms with Gasteiger partial charge in [-0.15, -0.1) is 11.3 Å². The minimum absolute atomic E-state index is 0.133. The van der Waals surface area contributed by atoms with Crippen LogP contribution in [0.25, 0.3) is 0 Å². The molecule has 0 aliphatic heterocycles. The van der Waals surface area contributed by atoms with Crippen LogP contribution in [0, 0.1) is 0 Å². The highest BCUT2D eigenvalue weighted by molar-refractivity contribution is 7.09. The van der Waals surface area contributed by atoms with Gasteiger partial charge in [0.15, 0.2) is 5.96 Å². The van der Waals surface area contributed by atoms with Crippen molar-refractivity contribution >= 4 is 17.3 Å². The molecule has 2 N–H and O–H groups in total. The molecule has 0 atom stereocenters. The van der Waals surface area contributed by atoms with E-state index in [0.29, 0.717) is 25.6 Å². The summed E-state index contributed by atoms with van der Waals surface area (Å²) in [5.74, 6) is 1.23. The van der Waals surface area contributed by atoms with E-state index < -0.39 is 0 Å². The van der Waals surface area contributed by atoms with Crippen LogP contribution in [0.15, 0.2) is 34.6 Å². The third kappa shape index (κ3) is 7.69. The summed E-state index contributed by atoms with van der Waals surface area (Å²) in [7, 11) is 1.78. The molecule has 0 amide bonds. The molecule has 0 saturated carbocycles. The van der Waals surface area contributed by atoms with E-state index in [2.05, 4.69) is 84.9 Å². The quantitative estimate of drug-likeness (QED) is 0.543. The van der Waals surface area contributed by atoms with E-state index in [9.17, 15) is 0 Å². The Balaban J connectivity index is 1.84. The minimum Gasteiger partial charge on any atom is -0.371 e. The average molecular weight is 389 g/mol. The Morgan fingerprint density at radius 2 is 1.89 bits per heavy atom. The van der Waals surface area contributed by atoms with Crippen LogP contribution in [0.1, 0.15) is 62.4 Å². The van der Waals surface area contributed by atoms with E-state index in [-0.39, 0.29) is 5.60 Å². The Hall–Kier alpha value is -1.92. The molecule has 0 bridgehead atoms. The zero-order valence-electron chi connectivity index (χ0n) is 17.3. The smallest absolute Gasteiger partial charge is 0.191 e. The third-order valence-corrected chi connectivity index (χ3v) is 4.78. The standard InChI is InChI=1S/C21H32N4OS/c1-15(2)18-14-27-19(25-18)12-24-20(22-6)23-11-16-8-7-9-17(10-16)13-26-21(3,4)5/h7-10,14-15H,11-13H2,1-6H3,(H2,22,23,24). The lowest BCUT2D eigenvalue weighted by atomic mass is 10.1. The first kappa shape index (κ1) is 21.4. The highest BCUT2D eigenvalue weighted by atomic mass is 32.1. The Kier molecular flexibility index (Phi) is 7.80. The second kappa shape index (κ2) is 9.85. The summed E-state index contributed by atoms with van der Waals surface area (Å²) in [6.07, 6.45) is 0. The Labute approximate surface area is 167 Å². The summed E-state index contributed by atoms with van der Waals surface area (Å²) in [6.45, 7) is 12.5. The van der Waals surface area contributed by atoms with Crippen LogP contribution in [0.4, 0.5) is 0 Å². The number of nitrogens with zero attached hydrogens (tertiary/aromatic N) is 2. The van der Waals surface area contributed by atoms with Crippen molar-refractivity contribution in [1.82, 2.24) is 15.6 Å². The molecule has 0 spiro atoms. The van der Waals surface area contributed by atoms with Crippen LogP contribution in [0.3, 0.4) is 0 Å². The highest BCUT2D eigenvalue weighted by Gasteiger charge is 2.10. The van der Waals surface area contributed by atoms with Gasteiger partial charge in [0.2, 0.25) is 0 Å². The molecule has 2 rings (SSSR count). The van der Waals surface area contributed by atoms with E-state index in [4.69, 9.17) is 4.74 Å². The highest BCUT2D eigenvalue weighted by Crippen LogP contribution is 2.17. The predicted octanol–water partition coefficient (Wildman–Crippen LogP) is 4.45. The van der Waals surface area contributed by atoms with Crippen molar-refractivity contribution in [3.05, 3.63) is 51.5 Å². The monoisotopic (exact) mass is 388 g/mol. The Morgan fingerprint density at radius 1 is 1.19 bits per heavy atom. The average Bonchev–Trinajstić information content (AvgIpc) is 3.09. The molecule has 0 saturated heterocycles. The van der Waals surface area contributed by atoms with Crippen molar-refractivity contribution in [1.29, 1.82) is 0 Å². The van der Waals surface area contributed by atoms with Gasteiger partial charge in [0.1, 0.15) is 5.01 Å². The number of aromatic nitrogens is 1. The van der Waals surface area contributed by atoms with Gasteiger partial charge in [0.05, 0.1) is 24.4 Å². The second-order valence-corrected chi connectivity index (χ2v) is 8.76. The minimum atomic E-state index is -0.133. The molecule has 0 aliphatic carbocycles. The number of hydrogen-bond donors (Lipinski definition) is 2. The number of nitrogens with one attached hydrogen (secondary N) is 2. The van der Waals surface area contributed by atoms with Crippen molar-refractivity contribution < 1.29 is 4.74 Å². The van der Waals surface area contributed by atoms with Crippen LogP contribution in [-0.2, 0) is 24.4 Å². The maximum atomic E-state index is 5.86. The first-order valence-corrected chi connectivity index (χ1v) is 10.3. The summed E-state index contributed by atoms with van der Waals surface area (Å²) < 4.78 is 5.86. The first-order chi connectivity index (χ1) is 12.8. The molecule has 6 heteroatoms. The number of ether oxygens (including phenoxy) is 1. The number of benzene rings is 1. The second-order valence-electron chi connectivity index (χ2n) is 7.82. The van der Waals surface area contributed by atoms with Gasteiger partial charge in [-0.3, -0.25) is 4.99 Å². The van der Waals surface area contributed by atoms with Gasteiger partial charge in [0, 0.05) is 19.0 Å². The lowest BCUT2D eigenvalue weighted by Gasteiger charge is -2.19. The van der Waals surface area contributed by atoms with Crippen LogP contribution in [0.2, 0.25) is 0 Å². The summed E-state index contributed by atoms with van der Waals surface area (Å²) in [5.41, 5.74) is 3.39. The summed E-state index contributed by atoms with van der Waals surface area (Å²) in [6, 6.07) is 8.44. The zero-order chi connectivity index (χ0) is 19.9. The number of thiazole rings is 1. The van der Waals surface area contributed by atoms with Gasteiger partial charge in [-0.25, -0.2) is 4.98 Å². The predicted molar refractivity (Wildman–Crippen MR) is 114 cm³/mol. The van der Waals surface area contributed by atoms with Crippen LogP contribution < -0.4 is 10.6 Å². The number of aliphatic imine (C=N–C) groups is 1. The van der Waals surface area contributed by atoms with Crippen LogP contribution >= 0.6 is 11.3 Å². The van der Waals surface area contributed by atoms with E-state index in [0.717, 1.165) is 16.7 Å². The molecule has 1 aromatic heterocycles. The fourth-order valence-corrected chi connectivity index (χ4v) is 3.26. The van der Waals surface area contributed by atoms with Gasteiger partial charge in [-0.05, 0) is 37.8 Å². The zero-order valence-corrected chi connectivity index (χ0v) is 18.1. The van der Waals surface area contributed by atoms with E-state index in [1.54, 1.807) is 18.4 Å². The molecule has 5 nitrogen and oxygen atoms in total. The third-order valence-electron chi connectivity index (χ3n) is 3.91. The number of guanidine groups is 1. The van der Waals surface area contributed by atoms with Gasteiger partial charge in [0.25, 0.3) is 0 Å². The van der Waals surface area contributed by atoms with Crippen molar-refractivity contribution in [2.45, 2.75) is 65.8 Å². The van der Waals surface area contributed by atoms with Gasteiger partial charge in [-0.1, -0.05) is 38.1 Å². The number of hydrogen-bond acceptors (Lipinski definition) is 4. The fourth-order valence-electron chi connectivity index (χ4n) is 2.37. The summed E-state index contributed by atoms with van der Waals surface area (Å²) >= 11 is 1.68. The number of rotatable bonds is 7. The molecule has 0 radical (unpaired) electrons. The Bertz CT molecular complexity index is 747. The van der Waals surface area contributed by atoms with Crippen molar-refractivity contribution in [2.75, 3.05) is 7.05 Å². The lowest BCUT2D eigenvalue weighted by molar-refractivity contribution is -0.0149. The summed E-state index contributed by atoms with van der Waals surface area (Å²) in [5, 5.41) is 9.89. The molecule has 2 aromatic rings. The normalized spacial score (nSPS) is 12.5. The topological polar surface area (TPSA) is 58.5 Å². The van der Waals surface area contributed by atoms with Crippen molar-refractivity contribution in [3.63, 3.8) is 0 Å². The van der Waals surface area contributed by atoms with E-state index in [1.165, 1.54) is 11.1 Å². The molecule has 27 heavy (non-hydrogen) atoms. The first-order valence-electron chi connectivity index (χ1n) is 9.37. The molecule has 0 aliphatic rings. The Morgan fingerprint density at radius 3 is 2.52 bits per heavy atom. The van der Waals surface area contributed by atoms with Gasteiger partial charge < -0.3 is 15.4 Å². The molecule has 1 aromatic carbocycles. The van der Waals surface area contributed by atoms with Gasteiger partial charge >= 0.3 is 0 Å².